The zero-order chi connectivity index (χ0) is 13.4. The second-order valence-electron chi connectivity index (χ2n) is 4.63. The van der Waals surface area contributed by atoms with E-state index in [1.165, 1.54) is 0 Å². The lowest BCUT2D eigenvalue weighted by Gasteiger charge is -2.18. The van der Waals surface area contributed by atoms with Crippen LogP contribution < -0.4 is 10.6 Å². The number of carbonyl (C=O) groups excluding carboxylic acids is 1. The number of nitrogens with two attached hydrogens (primary N) is 1. The van der Waals surface area contributed by atoms with Gasteiger partial charge in [-0.3, -0.25) is 4.79 Å². The summed E-state index contributed by atoms with van der Waals surface area (Å²) in [6, 6.07) is 13.1. The molecule has 0 saturated heterocycles. The molecule has 1 aliphatic heterocycles. The number of anilines is 2. The molecule has 1 aliphatic rings. The van der Waals surface area contributed by atoms with Crippen LogP contribution in [0.4, 0.5) is 11.4 Å². The number of benzene rings is 2. The molecule has 0 atom stereocenters. The lowest BCUT2D eigenvalue weighted by molar-refractivity contribution is -0.117. The van der Waals surface area contributed by atoms with Crippen LogP contribution in [0.1, 0.15) is 11.1 Å². The van der Waals surface area contributed by atoms with Gasteiger partial charge in [0.05, 0.1) is 13.0 Å². The number of carbonyl (C=O) groups is 1. The van der Waals surface area contributed by atoms with Gasteiger partial charge in [0.2, 0.25) is 5.91 Å². The van der Waals surface area contributed by atoms with Gasteiger partial charge in [-0.15, -0.1) is 0 Å². The van der Waals surface area contributed by atoms with Crippen LogP contribution in [0.2, 0.25) is 5.02 Å². The van der Waals surface area contributed by atoms with E-state index in [0.717, 1.165) is 16.8 Å². The number of amides is 1. The highest BCUT2D eigenvalue weighted by Gasteiger charge is 2.27. The number of nitrogen functional groups attached to an aromatic ring is 1. The van der Waals surface area contributed by atoms with E-state index in [-0.39, 0.29) is 5.91 Å². The van der Waals surface area contributed by atoms with E-state index in [0.29, 0.717) is 23.7 Å². The Morgan fingerprint density at radius 3 is 2.79 bits per heavy atom. The maximum atomic E-state index is 12.1. The van der Waals surface area contributed by atoms with Crippen LogP contribution in [0.5, 0.6) is 0 Å². The standard InChI is InChI=1S/C15H13ClN2O/c16-12-6-5-10-7-15(19)18(14(10)8-12)9-11-3-1-2-4-13(11)17/h1-6,8H,7,9,17H2. The summed E-state index contributed by atoms with van der Waals surface area (Å²) in [5, 5.41) is 0.638. The summed E-state index contributed by atoms with van der Waals surface area (Å²) in [7, 11) is 0. The van der Waals surface area contributed by atoms with Crippen molar-refractivity contribution >= 4 is 28.9 Å². The number of nitrogens with zero attached hydrogens (tertiary/aromatic N) is 1. The molecule has 0 unspecified atom stereocenters. The van der Waals surface area contributed by atoms with Crippen molar-refractivity contribution in [3.63, 3.8) is 0 Å². The second kappa shape index (κ2) is 4.59. The first-order chi connectivity index (χ1) is 9.15. The molecule has 0 aromatic heterocycles. The van der Waals surface area contributed by atoms with E-state index in [2.05, 4.69) is 0 Å². The molecule has 1 heterocycles. The van der Waals surface area contributed by atoms with Gasteiger partial charge in [-0.1, -0.05) is 35.9 Å². The molecule has 0 bridgehead atoms. The Balaban J connectivity index is 1.97. The van der Waals surface area contributed by atoms with E-state index < -0.39 is 0 Å². The first kappa shape index (κ1) is 12.1. The van der Waals surface area contributed by atoms with E-state index in [9.17, 15) is 4.79 Å². The van der Waals surface area contributed by atoms with Crippen LogP contribution in [-0.4, -0.2) is 5.91 Å². The number of fused-ring (bicyclic) bond motifs is 1. The number of hydrogen-bond acceptors (Lipinski definition) is 2. The fourth-order valence-corrected chi connectivity index (χ4v) is 2.52. The number of hydrogen-bond donors (Lipinski definition) is 1. The summed E-state index contributed by atoms with van der Waals surface area (Å²) in [5.74, 6) is 0.0838. The molecule has 2 aromatic rings. The van der Waals surface area contributed by atoms with Crippen molar-refractivity contribution in [2.24, 2.45) is 0 Å². The topological polar surface area (TPSA) is 46.3 Å². The average molecular weight is 273 g/mol. The molecule has 0 saturated carbocycles. The Bertz CT molecular complexity index is 654. The third-order valence-electron chi connectivity index (χ3n) is 3.36. The van der Waals surface area contributed by atoms with Crippen molar-refractivity contribution in [1.29, 1.82) is 0 Å². The third kappa shape index (κ3) is 2.17. The maximum Gasteiger partial charge on any atom is 0.231 e. The van der Waals surface area contributed by atoms with Gasteiger partial charge in [0.25, 0.3) is 0 Å². The van der Waals surface area contributed by atoms with Gasteiger partial charge in [-0.2, -0.15) is 0 Å². The molecule has 3 nitrogen and oxygen atoms in total. The summed E-state index contributed by atoms with van der Waals surface area (Å²) in [6.45, 7) is 0.485. The van der Waals surface area contributed by atoms with Crippen molar-refractivity contribution in [1.82, 2.24) is 0 Å². The summed E-state index contributed by atoms with van der Waals surface area (Å²) in [5.41, 5.74) is 9.48. The number of halogens is 1. The average Bonchev–Trinajstić information content (AvgIpc) is 2.69. The van der Waals surface area contributed by atoms with E-state index in [1.807, 2.05) is 42.5 Å². The minimum atomic E-state index is 0.0838. The van der Waals surface area contributed by atoms with Crippen molar-refractivity contribution in [2.45, 2.75) is 13.0 Å². The summed E-state index contributed by atoms with van der Waals surface area (Å²) < 4.78 is 0. The number of rotatable bonds is 2. The molecular formula is C15H13ClN2O. The van der Waals surface area contributed by atoms with Gasteiger partial charge in [0.1, 0.15) is 0 Å². The summed E-state index contributed by atoms with van der Waals surface area (Å²) in [6.07, 6.45) is 0.430. The molecule has 0 fully saturated rings. The zero-order valence-electron chi connectivity index (χ0n) is 10.3. The molecule has 0 radical (unpaired) electrons. The molecule has 96 valence electrons. The highest BCUT2D eigenvalue weighted by atomic mass is 35.5. The first-order valence-corrected chi connectivity index (χ1v) is 6.45. The van der Waals surface area contributed by atoms with Gasteiger partial charge in [-0.05, 0) is 29.3 Å². The fourth-order valence-electron chi connectivity index (χ4n) is 2.35. The Kier molecular flexibility index (Phi) is 2.91. The van der Waals surface area contributed by atoms with Crippen LogP contribution in [0, 0.1) is 0 Å². The van der Waals surface area contributed by atoms with E-state index in [4.69, 9.17) is 17.3 Å². The molecule has 2 N–H and O–H groups in total. The Morgan fingerprint density at radius 2 is 2.00 bits per heavy atom. The predicted molar refractivity (Wildman–Crippen MR) is 77.2 cm³/mol. The number of para-hydroxylation sites is 1. The summed E-state index contributed by atoms with van der Waals surface area (Å²) in [4.78, 5) is 13.8. The van der Waals surface area contributed by atoms with E-state index in [1.54, 1.807) is 4.90 Å². The highest BCUT2D eigenvalue weighted by molar-refractivity contribution is 6.31. The van der Waals surface area contributed by atoms with Crippen LogP contribution in [-0.2, 0) is 17.8 Å². The first-order valence-electron chi connectivity index (χ1n) is 6.07. The van der Waals surface area contributed by atoms with Gasteiger partial charge in [-0.25, -0.2) is 0 Å². The van der Waals surface area contributed by atoms with Gasteiger partial charge >= 0.3 is 0 Å². The quantitative estimate of drug-likeness (QED) is 0.854. The fraction of sp³-hybridized carbons (Fsp3) is 0.133. The summed E-state index contributed by atoms with van der Waals surface area (Å²) >= 11 is 6.01. The van der Waals surface area contributed by atoms with Crippen molar-refractivity contribution in [2.75, 3.05) is 10.6 Å². The predicted octanol–water partition coefficient (Wildman–Crippen LogP) is 3.01. The zero-order valence-corrected chi connectivity index (χ0v) is 11.0. The molecule has 19 heavy (non-hydrogen) atoms. The molecule has 3 rings (SSSR count). The minimum absolute atomic E-state index is 0.0838. The molecular weight excluding hydrogens is 260 g/mol. The molecule has 1 amide bonds. The molecule has 2 aromatic carbocycles. The van der Waals surface area contributed by atoms with Gasteiger partial charge < -0.3 is 10.6 Å². The third-order valence-corrected chi connectivity index (χ3v) is 3.60. The van der Waals surface area contributed by atoms with Crippen LogP contribution in [0.15, 0.2) is 42.5 Å². The molecule has 0 aliphatic carbocycles. The van der Waals surface area contributed by atoms with Gasteiger partial charge in [0.15, 0.2) is 0 Å². The Morgan fingerprint density at radius 1 is 1.21 bits per heavy atom. The molecule has 0 spiro atoms. The van der Waals surface area contributed by atoms with Gasteiger partial charge in [0, 0.05) is 16.4 Å². The monoisotopic (exact) mass is 272 g/mol. The lowest BCUT2D eigenvalue weighted by Crippen LogP contribution is -2.26. The second-order valence-corrected chi connectivity index (χ2v) is 5.06. The van der Waals surface area contributed by atoms with Crippen LogP contribution in [0.25, 0.3) is 0 Å². The largest absolute Gasteiger partial charge is 0.398 e. The molecule has 4 heteroatoms. The highest BCUT2D eigenvalue weighted by Crippen LogP contribution is 2.33. The van der Waals surface area contributed by atoms with Crippen LogP contribution in [0.3, 0.4) is 0 Å². The van der Waals surface area contributed by atoms with Crippen molar-refractivity contribution in [3.05, 3.63) is 58.6 Å². The van der Waals surface area contributed by atoms with Crippen molar-refractivity contribution in [3.8, 4) is 0 Å². The van der Waals surface area contributed by atoms with E-state index >= 15 is 0 Å². The van der Waals surface area contributed by atoms with Crippen LogP contribution >= 0.6 is 11.6 Å². The Labute approximate surface area is 116 Å². The Hall–Kier alpha value is -2.00. The smallest absolute Gasteiger partial charge is 0.231 e. The SMILES string of the molecule is Nc1ccccc1CN1C(=O)Cc2ccc(Cl)cc21. The normalized spacial score (nSPS) is 13.7. The lowest BCUT2D eigenvalue weighted by atomic mass is 10.1. The minimum Gasteiger partial charge on any atom is -0.398 e. The maximum absolute atomic E-state index is 12.1. The van der Waals surface area contributed by atoms with Crippen molar-refractivity contribution < 1.29 is 4.79 Å².